The van der Waals surface area contributed by atoms with E-state index in [2.05, 4.69) is 34.5 Å². The zero-order valence-corrected chi connectivity index (χ0v) is 6.81. The van der Waals surface area contributed by atoms with Gasteiger partial charge >= 0.3 is 0 Å². The fourth-order valence-electron chi connectivity index (χ4n) is 0.712. The van der Waals surface area contributed by atoms with Crippen LogP contribution in [0.2, 0.25) is 0 Å². The highest BCUT2D eigenvalue weighted by molar-refractivity contribution is 7.04. The Kier molecular flexibility index (Phi) is 4.08. The Balaban J connectivity index is 3.51. The lowest BCUT2D eigenvalue weighted by atomic mass is 10.0. The average molecular weight is 131 g/mol. The third-order valence-electron chi connectivity index (χ3n) is 1.35. The van der Waals surface area contributed by atoms with Crippen molar-refractivity contribution in [3.05, 3.63) is 0 Å². The molecule has 0 saturated heterocycles. The number of hydrogen-bond donors (Lipinski definition) is 0. The lowest BCUT2D eigenvalue weighted by Gasteiger charge is -2.11. The van der Waals surface area contributed by atoms with Gasteiger partial charge < -0.3 is 0 Å². The van der Waals surface area contributed by atoms with Crippen LogP contribution in [0.25, 0.3) is 0 Å². The molecule has 1 unspecified atom stereocenters. The molecule has 48 valence electrons. The van der Waals surface area contributed by atoms with Crippen LogP contribution < -0.4 is 0 Å². The molecule has 0 rings (SSSR count). The van der Waals surface area contributed by atoms with E-state index >= 15 is 0 Å². The minimum atomic E-state index is 0.492. The van der Waals surface area contributed by atoms with Crippen LogP contribution in [0, 0.1) is 5.92 Å². The molecule has 0 heterocycles. The monoisotopic (exact) mass is 131 g/mol. The molecule has 0 aromatic carbocycles. The summed E-state index contributed by atoms with van der Waals surface area (Å²) in [6.45, 7) is 6.50. The molecule has 1 nitrogen and oxygen atoms in total. The largest absolute Gasteiger partial charge is 0.269 e. The zero-order valence-electron chi connectivity index (χ0n) is 5.81. The Morgan fingerprint density at radius 1 is 1.50 bits per heavy atom. The van der Waals surface area contributed by atoms with E-state index in [1.165, 1.54) is 0 Å². The summed E-state index contributed by atoms with van der Waals surface area (Å²) in [5.41, 5.74) is 0. The van der Waals surface area contributed by atoms with Gasteiger partial charge in [-0.25, -0.2) is 0 Å². The van der Waals surface area contributed by atoms with Gasteiger partial charge in [0.05, 0.1) is 6.04 Å². The normalized spacial score (nSPS) is 14.0. The Bertz CT molecular complexity index is 70.9. The van der Waals surface area contributed by atoms with Crippen molar-refractivity contribution >= 4 is 9.03 Å². The molecule has 0 aliphatic carbocycles. The molecule has 0 bridgehead atoms. The first kappa shape index (κ1) is 8.10. The molecule has 1 atom stereocenters. The van der Waals surface area contributed by atoms with Gasteiger partial charge in [0, 0.05) is 0 Å². The summed E-state index contributed by atoms with van der Waals surface area (Å²) in [5, 5.41) is 0. The van der Waals surface area contributed by atoms with E-state index in [4.69, 9.17) is 0 Å². The molecular formula is C6H14NP. The molecule has 0 spiro atoms. The van der Waals surface area contributed by atoms with Gasteiger partial charge in [0.15, 0.2) is 0 Å². The number of rotatable bonds is 3. The molecule has 2 heteroatoms. The lowest BCUT2D eigenvalue weighted by Crippen LogP contribution is -2.08. The summed E-state index contributed by atoms with van der Waals surface area (Å²) in [5.74, 6) is 0.664. The van der Waals surface area contributed by atoms with E-state index in [0.717, 1.165) is 6.42 Å². The van der Waals surface area contributed by atoms with Crippen molar-refractivity contribution in [1.29, 1.82) is 0 Å². The van der Waals surface area contributed by atoms with Crippen LogP contribution in [-0.4, -0.2) is 6.04 Å². The summed E-state index contributed by atoms with van der Waals surface area (Å²) in [6.07, 6.45) is 1.13. The molecule has 0 radical (unpaired) electrons. The van der Waals surface area contributed by atoms with Gasteiger partial charge in [-0.3, -0.25) is 4.74 Å². The van der Waals surface area contributed by atoms with Crippen LogP contribution in [0.4, 0.5) is 0 Å². The minimum absolute atomic E-state index is 0.492. The Labute approximate surface area is 53.8 Å². The van der Waals surface area contributed by atoms with Crippen LogP contribution in [0.3, 0.4) is 0 Å². The molecule has 0 saturated carbocycles. The Morgan fingerprint density at radius 3 is 2.00 bits per heavy atom. The van der Waals surface area contributed by atoms with Crippen molar-refractivity contribution in [3.63, 3.8) is 0 Å². The second-order valence-electron chi connectivity index (χ2n) is 2.35. The molecule has 0 aromatic heterocycles. The predicted octanol–water partition coefficient (Wildman–Crippen LogP) is 2.75. The predicted molar refractivity (Wildman–Crippen MR) is 39.7 cm³/mol. The summed E-state index contributed by atoms with van der Waals surface area (Å²) >= 11 is 0. The fraction of sp³-hybridized carbons (Fsp3) is 1.00. The first-order chi connectivity index (χ1) is 3.72. The van der Waals surface area contributed by atoms with Crippen LogP contribution in [0.15, 0.2) is 4.74 Å². The standard InChI is InChI=1S/C6H14NP/c1-4-6(7-8)5(2)3/h5-6,8H,4H2,1-3H3. The van der Waals surface area contributed by atoms with E-state index in [1.54, 1.807) is 0 Å². The molecule has 0 fully saturated rings. The van der Waals surface area contributed by atoms with Crippen LogP contribution in [0.1, 0.15) is 27.2 Å². The average Bonchev–Trinajstić information content (AvgIpc) is 1.69. The third-order valence-corrected chi connectivity index (χ3v) is 1.69. The Hall–Kier alpha value is 0.100. The van der Waals surface area contributed by atoms with Crippen molar-refractivity contribution in [2.45, 2.75) is 33.2 Å². The maximum atomic E-state index is 4.01. The summed E-state index contributed by atoms with van der Waals surface area (Å²) in [6, 6.07) is 0.492. The van der Waals surface area contributed by atoms with Gasteiger partial charge in [-0.15, -0.1) is 0 Å². The van der Waals surface area contributed by atoms with Crippen molar-refractivity contribution in [1.82, 2.24) is 0 Å². The van der Waals surface area contributed by atoms with Crippen LogP contribution in [-0.2, 0) is 0 Å². The first-order valence-electron chi connectivity index (χ1n) is 3.09. The molecule has 8 heavy (non-hydrogen) atoms. The van der Waals surface area contributed by atoms with E-state index < -0.39 is 0 Å². The molecular weight excluding hydrogens is 117 g/mol. The van der Waals surface area contributed by atoms with E-state index in [-0.39, 0.29) is 0 Å². The van der Waals surface area contributed by atoms with Crippen molar-refractivity contribution in [3.8, 4) is 0 Å². The quantitative estimate of drug-likeness (QED) is 0.522. The van der Waals surface area contributed by atoms with Crippen molar-refractivity contribution in [2.75, 3.05) is 0 Å². The highest BCUT2D eigenvalue weighted by Crippen LogP contribution is 2.10. The van der Waals surface area contributed by atoms with E-state index in [9.17, 15) is 0 Å². The van der Waals surface area contributed by atoms with Gasteiger partial charge in [-0.05, 0) is 21.4 Å². The molecule has 0 aliphatic heterocycles. The molecule has 0 aliphatic rings. The minimum Gasteiger partial charge on any atom is -0.269 e. The maximum absolute atomic E-state index is 4.01. The van der Waals surface area contributed by atoms with Gasteiger partial charge in [0.25, 0.3) is 0 Å². The highest BCUT2D eigenvalue weighted by Gasteiger charge is 2.05. The fourth-order valence-corrected chi connectivity index (χ4v) is 1.19. The van der Waals surface area contributed by atoms with Gasteiger partial charge in [-0.1, -0.05) is 20.8 Å². The SMILES string of the molecule is CCC(N=P)C(C)C. The molecule has 0 N–H and O–H groups in total. The topological polar surface area (TPSA) is 12.4 Å². The zero-order chi connectivity index (χ0) is 6.57. The summed E-state index contributed by atoms with van der Waals surface area (Å²) < 4.78 is 4.01. The lowest BCUT2D eigenvalue weighted by molar-refractivity contribution is 0.488. The van der Waals surface area contributed by atoms with Crippen molar-refractivity contribution < 1.29 is 0 Å². The third kappa shape index (κ3) is 2.42. The summed E-state index contributed by atoms with van der Waals surface area (Å²) in [4.78, 5) is 0. The summed E-state index contributed by atoms with van der Waals surface area (Å²) in [7, 11) is 3.15. The first-order valence-corrected chi connectivity index (χ1v) is 3.53. The number of hydrogen-bond acceptors (Lipinski definition) is 1. The number of nitrogens with zero attached hydrogens (tertiary/aromatic N) is 1. The molecule has 0 amide bonds. The van der Waals surface area contributed by atoms with Crippen molar-refractivity contribution in [2.24, 2.45) is 10.7 Å². The smallest absolute Gasteiger partial charge is 0.0560 e. The van der Waals surface area contributed by atoms with Gasteiger partial charge in [-0.2, -0.15) is 0 Å². The van der Waals surface area contributed by atoms with Crippen LogP contribution >= 0.6 is 9.03 Å². The highest BCUT2D eigenvalue weighted by atomic mass is 31.0. The molecule has 0 aromatic rings. The van der Waals surface area contributed by atoms with Gasteiger partial charge in [0.2, 0.25) is 0 Å². The second kappa shape index (κ2) is 4.03. The maximum Gasteiger partial charge on any atom is 0.0560 e. The Morgan fingerprint density at radius 2 is 2.00 bits per heavy atom. The van der Waals surface area contributed by atoms with E-state index in [0.29, 0.717) is 12.0 Å². The second-order valence-corrected chi connectivity index (χ2v) is 2.61. The van der Waals surface area contributed by atoms with E-state index in [1.807, 2.05) is 0 Å². The van der Waals surface area contributed by atoms with Crippen LogP contribution in [0.5, 0.6) is 0 Å². The van der Waals surface area contributed by atoms with Gasteiger partial charge in [0.1, 0.15) is 0 Å².